The van der Waals surface area contributed by atoms with Crippen LogP contribution in [-0.2, 0) is 7.05 Å². The molecular weight excluding hydrogens is 430 g/mol. The highest BCUT2D eigenvalue weighted by molar-refractivity contribution is 7.99. The van der Waals surface area contributed by atoms with E-state index in [1.165, 1.54) is 51.7 Å². The van der Waals surface area contributed by atoms with Crippen LogP contribution in [0.1, 0.15) is 42.9 Å². The average molecular weight is 460 g/mol. The molecule has 1 saturated carbocycles. The van der Waals surface area contributed by atoms with Crippen molar-refractivity contribution in [3.63, 3.8) is 0 Å². The Kier molecular flexibility index (Phi) is 6.74. The van der Waals surface area contributed by atoms with E-state index >= 15 is 0 Å². The zero-order valence-electron chi connectivity index (χ0n) is 18.2. The van der Waals surface area contributed by atoms with Gasteiger partial charge in [-0.3, -0.25) is 0 Å². The summed E-state index contributed by atoms with van der Waals surface area (Å²) in [5, 5.41) is 9.56. The van der Waals surface area contributed by atoms with Crippen molar-refractivity contribution in [2.24, 2.45) is 12.5 Å². The number of aromatic nitrogens is 4. The van der Waals surface area contributed by atoms with Gasteiger partial charge < -0.3 is 13.9 Å². The van der Waals surface area contributed by atoms with Gasteiger partial charge in [-0.15, -0.1) is 22.6 Å². The number of nitrogens with zero attached hydrogens (tertiary/aromatic N) is 5. The number of hydrogen-bond donors (Lipinski definition) is 0. The Bertz CT molecular complexity index is 997. The second-order valence-electron chi connectivity index (χ2n) is 8.71. The van der Waals surface area contributed by atoms with E-state index in [1.54, 1.807) is 17.3 Å². The molecule has 31 heavy (non-hydrogen) atoms. The van der Waals surface area contributed by atoms with E-state index in [1.807, 2.05) is 18.5 Å². The third-order valence-electron chi connectivity index (χ3n) is 6.88. The van der Waals surface area contributed by atoms with Gasteiger partial charge in [-0.2, -0.15) is 0 Å². The molecule has 2 fully saturated rings. The van der Waals surface area contributed by atoms with Crippen LogP contribution >= 0.6 is 24.2 Å². The van der Waals surface area contributed by atoms with E-state index < -0.39 is 0 Å². The lowest BCUT2D eigenvalue weighted by molar-refractivity contribution is 0.170. The summed E-state index contributed by atoms with van der Waals surface area (Å²) >= 11 is 1.77. The normalized spacial score (nSPS) is 20.0. The van der Waals surface area contributed by atoms with Gasteiger partial charge in [-0.05, 0) is 69.1 Å². The maximum atomic E-state index is 5.46. The fourth-order valence-corrected chi connectivity index (χ4v) is 5.72. The molecule has 2 aliphatic rings. The standard InChI is InChI=1S/C23H29N5OS.ClH/c1-17-20(29-16-24-17)21-25-26-22(27(21)2)30-14-6-11-28-12-9-23(10-13-28)15-19(23)18-7-4-3-5-8-18;/h3-5,7-8,16,19H,6,9-15H2,1-2H3;1H. The van der Waals surface area contributed by atoms with E-state index in [-0.39, 0.29) is 12.4 Å². The highest BCUT2D eigenvalue weighted by atomic mass is 35.5. The Morgan fingerprint density at radius 2 is 1.94 bits per heavy atom. The maximum Gasteiger partial charge on any atom is 0.202 e. The number of benzene rings is 1. The molecule has 166 valence electrons. The monoisotopic (exact) mass is 459 g/mol. The molecule has 6 nitrogen and oxygen atoms in total. The topological polar surface area (TPSA) is 60.0 Å². The van der Waals surface area contributed by atoms with E-state index in [0.717, 1.165) is 28.3 Å². The Labute approximate surface area is 194 Å². The molecular formula is C23H30ClN5OS. The summed E-state index contributed by atoms with van der Waals surface area (Å²) in [5.41, 5.74) is 2.99. The first-order valence-corrected chi connectivity index (χ1v) is 11.8. The van der Waals surface area contributed by atoms with Crippen LogP contribution < -0.4 is 0 Å². The van der Waals surface area contributed by atoms with Crippen molar-refractivity contribution in [1.82, 2.24) is 24.6 Å². The summed E-state index contributed by atoms with van der Waals surface area (Å²) in [6, 6.07) is 11.1. The molecule has 0 N–H and O–H groups in total. The van der Waals surface area contributed by atoms with Crippen LogP contribution in [0.25, 0.3) is 11.6 Å². The first-order chi connectivity index (χ1) is 14.7. The number of oxazole rings is 1. The first kappa shape index (κ1) is 22.4. The smallest absolute Gasteiger partial charge is 0.202 e. The van der Waals surface area contributed by atoms with Gasteiger partial charge in [0.2, 0.25) is 5.82 Å². The van der Waals surface area contributed by atoms with E-state index in [2.05, 4.69) is 50.4 Å². The van der Waals surface area contributed by atoms with Gasteiger partial charge in [0, 0.05) is 12.8 Å². The van der Waals surface area contributed by atoms with Crippen LogP contribution in [0.15, 0.2) is 46.3 Å². The number of hydrogen-bond acceptors (Lipinski definition) is 6. The Morgan fingerprint density at radius 3 is 2.65 bits per heavy atom. The third kappa shape index (κ3) is 4.54. The molecule has 8 heteroatoms. The third-order valence-corrected chi connectivity index (χ3v) is 7.98. The predicted octanol–water partition coefficient (Wildman–Crippen LogP) is 4.95. The van der Waals surface area contributed by atoms with Gasteiger partial charge in [0.15, 0.2) is 17.3 Å². The van der Waals surface area contributed by atoms with Crippen molar-refractivity contribution in [2.75, 3.05) is 25.4 Å². The molecule has 1 atom stereocenters. The molecule has 1 saturated heterocycles. The van der Waals surface area contributed by atoms with Crippen molar-refractivity contribution < 1.29 is 4.42 Å². The second kappa shape index (κ2) is 9.35. The SMILES string of the molecule is Cc1ncoc1-c1nnc(SCCCN2CCC3(CC2)CC3c2ccccc2)n1C.Cl. The summed E-state index contributed by atoms with van der Waals surface area (Å²) < 4.78 is 7.46. The molecule has 2 aromatic heterocycles. The second-order valence-corrected chi connectivity index (χ2v) is 9.77. The lowest BCUT2D eigenvalue weighted by Gasteiger charge is -2.33. The summed E-state index contributed by atoms with van der Waals surface area (Å²) in [7, 11) is 1.99. The van der Waals surface area contributed by atoms with Crippen LogP contribution in [-0.4, -0.2) is 50.0 Å². The minimum atomic E-state index is 0. The molecule has 1 aliphatic carbocycles. The number of piperidine rings is 1. The van der Waals surface area contributed by atoms with Gasteiger partial charge in [0.05, 0.1) is 5.69 Å². The maximum absolute atomic E-state index is 5.46. The van der Waals surface area contributed by atoms with Crippen LogP contribution in [0.3, 0.4) is 0 Å². The van der Waals surface area contributed by atoms with E-state index in [9.17, 15) is 0 Å². The molecule has 1 spiro atoms. The van der Waals surface area contributed by atoms with Crippen LogP contribution in [0.4, 0.5) is 0 Å². The Morgan fingerprint density at radius 1 is 1.16 bits per heavy atom. The summed E-state index contributed by atoms with van der Waals surface area (Å²) in [6.07, 6.45) is 6.72. The Hall–Kier alpha value is -1.83. The molecule has 0 bridgehead atoms. The zero-order chi connectivity index (χ0) is 20.6. The van der Waals surface area contributed by atoms with Crippen molar-refractivity contribution in [3.05, 3.63) is 48.0 Å². The highest BCUT2D eigenvalue weighted by Crippen LogP contribution is 2.64. The highest BCUT2D eigenvalue weighted by Gasteiger charge is 2.54. The molecule has 5 rings (SSSR count). The van der Waals surface area contributed by atoms with Crippen LogP contribution in [0.5, 0.6) is 0 Å². The fourth-order valence-electron chi connectivity index (χ4n) is 4.89. The summed E-state index contributed by atoms with van der Waals surface area (Å²) in [6.45, 7) is 5.58. The quantitative estimate of drug-likeness (QED) is 0.368. The number of halogens is 1. The van der Waals surface area contributed by atoms with Gasteiger partial charge >= 0.3 is 0 Å². The molecule has 1 aliphatic heterocycles. The zero-order valence-corrected chi connectivity index (χ0v) is 19.8. The van der Waals surface area contributed by atoms with E-state index in [4.69, 9.17) is 4.42 Å². The van der Waals surface area contributed by atoms with Gasteiger partial charge in [-0.25, -0.2) is 4.98 Å². The predicted molar refractivity (Wildman–Crippen MR) is 126 cm³/mol. The van der Waals surface area contributed by atoms with Gasteiger partial charge in [0.25, 0.3) is 0 Å². The first-order valence-electron chi connectivity index (χ1n) is 10.9. The summed E-state index contributed by atoms with van der Waals surface area (Å²) in [4.78, 5) is 6.79. The largest absolute Gasteiger partial charge is 0.440 e. The molecule has 0 amide bonds. The lowest BCUT2D eigenvalue weighted by Crippen LogP contribution is -2.35. The molecule has 1 unspecified atom stereocenters. The number of rotatable bonds is 7. The number of thioether (sulfide) groups is 1. The fraction of sp³-hybridized carbons (Fsp3) is 0.522. The average Bonchev–Trinajstić information content (AvgIpc) is 3.09. The van der Waals surface area contributed by atoms with E-state index in [0.29, 0.717) is 11.2 Å². The Balaban J connectivity index is 0.00000231. The minimum Gasteiger partial charge on any atom is -0.440 e. The van der Waals surface area contributed by atoms with Crippen molar-refractivity contribution in [2.45, 2.75) is 43.7 Å². The number of aryl methyl sites for hydroxylation is 1. The minimum absolute atomic E-state index is 0. The molecule has 3 heterocycles. The van der Waals surface area contributed by atoms with Crippen molar-refractivity contribution in [1.29, 1.82) is 0 Å². The van der Waals surface area contributed by atoms with Crippen LogP contribution in [0.2, 0.25) is 0 Å². The molecule has 3 aromatic rings. The molecule has 0 radical (unpaired) electrons. The lowest BCUT2D eigenvalue weighted by atomic mass is 9.88. The van der Waals surface area contributed by atoms with Gasteiger partial charge in [0.1, 0.15) is 0 Å². The number of likely N-dealkylation sites (tertiary alicyclic amines) is 1. The van der Waals surface area contributed by atoms with Crippen molar-refractivity contribution >= 4 is 24.2 Å². The van der Waals surface area contributed by atoms with Gasteiger partial charge in [-0.1, -0.05) is 42.1 Å². The van der Waals surface area contributed by atoms with Crippen LogP contribution in [0, 0.1) is 12.3 Å². The summed E-state index contributed by atoms with van der Waals surface area (Å²) in [5.74, 6) is 3.30. The molecule has 1 aromatic carbocycles. The van der Waals surface area contributed by atoms with Crippen molar-refractivity contribution in [3.8, 4) is 11.6 Å².